The summed E-state index contributed by atoms with van der Waals surface area (Å²) in [6.45, 7) is 1.98. The van der Waals surface area contributed by atoms with Crippen LogP contribution in [0.15, 0.2) is 34.9 Å². The number of alkyl halides is 3. The summed E-state index contributed by atoms with van der Waals surface area (Å²) in [4.78, 5) is 11.9. The van der Waals surface area contributed by atoms with Crippen LogP contribution in [0.2, 0.25) is 0 Å². The van der Waals surface area contributed by atoms with Gasteiger partial charge in [0.15, 0.2) is 0 Å². The monoisotopic (exact) mass is 368 g/mol. The maximum Gasteiger partial charge on any atom is 0.416 e. The summed E-state index contributed by atoms with van der Waals surface area (Å²) in [7, 11) is 0. The third kappa shape index (κ3) is 5.08. The predicted octanol–water partition coefficient (Wildman–Crippen LogP) is 2.98. The summed E-state index contributed by atoms with van der Waals surface area (Å²) in [5, 5.41) is 6.69. The van der Waals surface area contributed by atoms with Crippen LogP contribution in [0, 0.1) is 5.92 Å². The summed E-state index contributed by atoms with van der Waals surface area (Å²) < 4.78 is 48.1. The zero-order chi connectivity index (χ0) is 18.6. The highest BCUT2D eigenvalue weighted by Gasteiger charge is 2.29. The van der Waals surface area contributed by atoms with E-state index in [1.54, 1.807) is 6.07 Å². The van der Waals surface area contributed by atoms with Gasteiger partial charge in [0.2, 0.25) is 5.91 Å². The van der Waals surface area contributed by atoms with Crippen LogP contribution in [0.5, 0.6) is 0 Å². The molecule has 1 aliphatic rings. The van der Waals surface area contributed by atoms with Gasteiger partial charge in [0, 0.05) is 31.6 Å². The molecule has 1 aromatic heterocycles. The van der Waals surface area contributed by atoms with E-state index in [9.17, 15) is 18.0 Å². The minimum atomic E-state index is -4.35. The number of rotatable bonds is 6. The van der Waals surface area contributed by atoms with E-state index in [0.717, 1.165) is 25.2 Å². The van der Waals surface area contributed by atoms with Crippen LogP contribution in [0.3, 0.4) is 0 Å². The van der Waals surface area contributed by atoms with Crippen LogP contribution in [0.4, 0.5) is 13.2 Å². The summed E-state index contributed by atoms with van der Waals surface area (Å²) in [5.74, 6) is 0.703. The van der Waals surface area contributed by atoms with Gasteiger partial charge < -0.3 is 14.6 Å². The van der Waals surface area contributed by atoms with Crippen molar-refractivity contribution in [2.45, 2.75) is 25.4 Å². The molecule has 140 valence electrons. The van der Waals surface area contributed by atoms with E-state index in [1.165, 1.54) is 12.1 Å². The molecular formula is C18H19F3N2O3. The van der Waals surface area contributed by atoms with Crippen molar-refractivity contribution in [3.8, 4) is 0 Å². The van der Waals surface area contributed by atoms with Crippen LogP contribution in [-0.4, -0.2) is 30.8 Å². The second kappa shape index (κ2) is 7.90. The van der Waals surface area contributed by atoms with Gasteiger partial charge in [-0.1, -0.05) is 17.3 Å². The molecular weight excluding hydrogens is 349 g/mol. The number of halogens is 3. The van der Waals surface area contributed by atoms with Gasteiger partial charge in [-0.25, -0.2) is 0 Å². The van der Waals surface area contributed by atoms with Gasteiger partial charge in [0.25, 0.3) is 0 Å². The molecule has 26 heavy (non-hydrogen) atoms. The van der Waals surface area contributed by atoms with Crippen molar-refractivity contribution in [3.05, 3.63) is 52.9 Å². The quantitative estimate of drug-likeness (QED) is 0.851. The number of nitrogens with one attached hydrogen (secondary N) is 1. The Morgan fingerprint density at radius 2 is 2.04 bits per heavy atom. The smallest absolute Gasteiger partial charge is 0.381 e. The Hall–Kier alpha value is -2.35. The van der Waals surface area contributed by atoms with E-state index in [0.29, 0.717) is 42.5 Å². The van der Waals surface area contributed by atoms with E-state index in [4.69, 9.17) is 9.26 Å². The molecule has 3 rings (SSSR count). The average Bonchev–Trinajstić information content (AvgIpc) is 3.25. The molecule has 2 heterocycles. The largest absolute Gasteiger partial charge is 0.416 e. The van der Waals surface area contributed by atoms with E-state index in [2.05, 4.69) is 10.5 Å². The lowest BCUT2D eigenvalue weighted by Crippen LogP contribution is -2.30. The first-order chi connectivity index (χ1) is 12.4. The Balaban J connectivity index is 1.50. The number of ether oxygens (including phenoxy) is 1. The molecule has 1 aliphatic heterocycles. The Kier molecular flexibility index (Phi) is 5.61. The summed E-state index contributed by atoms with van der Waals surface area (Å²) in [6, 6.07) is 6.53. The number of carbonyl (C=O) groups excluding carboxylic acids is 1. The van der Waals surface area contributed by atoms with Crippen molar-refractivity contribution in [3.63, 3.8) is 0 Å². The molecule has 1 amide bonds. The van der Waals surface area contributed by atoms with Crippen molar-refractivity contribution < 1.29 is 27.2 Å². The minimum absolute atomic E-state index is 0.101. The zero-order valence-corrected chi connectivity index (χ0v) is 14.0. The van der Waals surface area contributed by atoms with Gasteiger partial charge in [-0.3, -0.25) is 4.79 Å². The minimum Gasteiger partial charge on any atom is -0.381 e. The second-order valence-electron chi connectivity index (χ2n) is 6.37. The Bertz CT molecular complexity index is 735. The molecule has 1 fully saturated rings. The lowest BCUT2D eigenvalue weighted by molar-refractivity contribution is -0.137. The molecule has 1 unspecified atom stereocenters. The number of nitrogens with zero attached hydrogens (tertiary/aromatic N) is 1. The van der Waals surface area contributed by atoms with E-state index in [-0.39, 0.29) is 12.3 Å². The van der Waals surface area contributed by atoms with Gasteiger partial charge in [0.1, 0.15) is 5.76 Å². The van der Waals surface area contributed by atoms with E-state index >= 15 is 0 Å². The number of hydrogen-bond acceptors (Lipinski definition) is 4. The van der Waals surface area contributed by atoms with Crippen LogP contribution >= 0.6 is 0 Å². The standard InChI is InChI=1S/C18H19F3N2O3/c19-18(20,21)14-3-1-12(2-4-14)7-16-8-15(23-26-16)9-17(24)22-10-13-5-6-25-11-13/h1-4,8,13H,5-7,9-11H2,(H,22,24). The van der Waals surface area contributed by atoms with Crippen molar-refractivity contribution in [1.29, 1.82) is 0 Å². The van der Waals surface area contributed by atoms with Crippen molar-refractivity contribution in [2.24, 2.45) is 5.92 Å². The van der Waals surface area contributed by atoms with Gasteiger partial charge in [-0.15, -0.1) is 0 Å². The summed E-state index contributed by atoms with van der Waals surface area (Å²) in [6.07, 6.45) is -2.99. The fourth-order valence-corrected chi connectivity index (χ4v) is 2.76. The second-order valence-corrected chi connectivity index (χ2v) is 6.37. The van der Waals surface area contributed by atoms with Gasteiger partial charge in [-0.2, -0.15) is 13.2 Å². The highest BCUT2D eigenvalue weighted by Crippen LogP contribution is 2.29. The van der Waals surface area contributed by atoms with Crippen molar-refractivity contribution in [1.82, 2.24) is 10.5 Å². The zero-order valence-electron chi connectivity index (χ0n) is 14.0. The summed E-state index contributed by atoms with van der Waals surface area (Å²) in [5.41, 5.74) is 0.474. The average molecular weight is 368 g/mol. The molecule has 0 saturated carbocycles. The number of carbonyl (C=O) groups is 1. The molecule has 1 aromatic carbocycles. The summed E-state index contributed by atoms with van der Waals surface area (Å²) >= 11 is 0. The third-order valence-corrected chi connectivity index (χ3v) is 4.22. The maximum absolute atomic E-state index is 12.6. The molecule has 0 radical (unpaired) electrons. The Morgan fingerprint density at radius 1 is 1.27 bits per heavy atom. The lowest BCUT2D eigenvalue weighted by atomic mass is 10.1. The van der Waals surface area contributed by atoms with Crippen LogP contribution < -0.4 is 5.32 Å². The number of benzene rings is 1. The lowest BCUT2D eigenvalue weighted by Gasteiger charge is -2.08. The first kappa shape index (κ1) is 18.4. The fraction of sp³-hybridized carbons (Fsp3) is 0.444. The molecule has 1 N–H and O–H groups in total. The first-order valence-corrected chi connectivity index (χ1v) is 8.35. The molecule has 0 bridgehead atoms. The van der Waals surface area contributed by atoms with Crippen molar-refractivity contribution >= 4 is 5.91 Å². The molecule has 5 nitrogen and oxygen atoms in total. The normalized spacial score (nSPS) is 17.4. The van der Waals surface area contributed by atoms with Gasteiger partial charge in [0.05, 0.1) is 24.3 Å². The van der Waals surface area contributed by atoms with E-state index in [1.807, 2.05) is 0 Å². The van der Waals surface area contributed by atoms with Crippen LogP contribution in [-0.2, 0) is 28.5 Å². The molecule has 8 heteroatoms. The Morgan fingerprint density at radius 3 is 2.69 bits per heavy atom. The molecule has 0 aliphatic carbocycles. The maximum atomic E-state index is 12.6. The molecule has 0 spiro atoms. The van der Waals surface area contributed by atoms with Crippen LogP contribution in [0.1, 0.15) is 29.0 Å². The number of aromatic nitrogens is 1. The number of hydrogen-bond donors (Lipinski definition) is 1. The predicted molar refractivity (Wildman–Crippen MR) is 86.4 cm³/mol. The first-order valence-electron chi connectivity index (χ1n) is 8.35. The topological polar surface area (TPSA) is 64.4 Å². The Labute approximate surface area is 148 Å². The number of amides is 1. The molecule has 1 saturated heterocycles. The van der Waals surface area contributed by atoms with Crippen molar-refractivity contribution in [2.75, 3.05) is 19.8 Å². The van der Waals surface area contributed by atoms with E-state index < -0.39 is 11.7 Å². The van der Waals surface area contributed by atoms with Gasteiger partial charge >= 0.3 is 6.18 Å². The van der Waals surface area contributed by atoms with Crippen LogP contribution in [0.25, 0.3) is 0 Å². The highest BCUT2D eigenvalue weighted by molar-refractivity contribution is 5.78. The molecule has 2 aromatic rings. The molecule has 1 atom stereocenters. The SMILES string of the molecule is O=C(Cc1cc(Cc2ccc(C(F)(F)F)cc2)on1)NCC1CCOC1. The fourth-order valence-electron chi connectivity index (χ4n) is 2.76. The van der Waals surface area contributed by atoms with Gasteiger partial charge in [-0.05, 0) is 24.1 Å². The highest BCUT2D eigenvalue weighted by atomic mass is 19.4. The third-order valence-electron chi connectivity index (χ3n) is 4.22.